The number of carbonyl (C=O) groups is 2. The Kier molecular flexibility index (Phi) is 5.36. The van der Waals surface area contributed by atoms with Gasteiger partial charge in [-0.15, -0.1) is 0 Å². The number of amides is 2. The highest BCUT2D eigenvalue weighted by Crippen LogP contribution is 2.61. The van der Waals surface area contributed by atoms with Crippen molar-refractivity contribution in [3.05, 3.63) is 59.4 Å². The average Bonchev–Trinajstić information content (AvgIpc) is 3.32. The van der Waals surface area contributed by atoms with E-state index in [1.165, 1.54) is 32.0 Å². The van der Waals surface area contributed by atoms with Gasteiger partial charge in [0.05, 0.1) is 52.0 Å². The second-order valence-corrected chi connectivity index (χ2v) is 11.4. The van der Waals surface area contributed by atoms with Crippen LogP contribution in [0.5, 0.6) is 0 Å². The molecule has 3 heterocycles. The van der Waals surface area contributed by atoms with Crippen LogP contribution < -0.4 is 9.62 Å². The molecule has 5 atom stereocenters. The Morgan fingerprint density at radius 2 is 1.76 bits per heavy atom. The highest BCUT2D eigenvalue weighted by Gasteiger charge is 2.76. The first-order chi connectivity index (χ1) is 17.1. The number of nitrogens with zero attached hydrogens (tertiary/aromatic N) is 2. The van der Waals surface area contributed by atoms with Gasteiger partial charge < -0.3 is 4.74 Å². The minimum Gasteiger partial charge on any atom is -0.366 e. The molecule has 1 N–H and O–H groups in total. The van der Waals surface area contributed by atoms with E-state index in [9.17, 15) is 35.6 Å². The Morgan fingerprint density at radius 3 is 2.38 bits per heavy atom. The Bertz CT molecular complexity index is 1500. The molecule has 5 rings (SSSR count). The van der Waals surface area contributed by atoms with E-state index in [0.29, 0.717) is 11.0 Å². The number of fused-ring (bicyclic) bond motifs is 5. The Balaban J connectivity index is 1.52. The van der Waals surface area contributed by atoms with Gasteiger partial charge in [0.25, 0.3) is 0 Å². The van der Waals surface area contributed by atoms with Crippen molar-refractivity contribution in [3.8, 4) is 6.07 Å². The second-order valence-electron chi connectivity index (χ2n) is 9.71. The number of carbonyl (C=O) groups excluding carboxylic acids is 2. The van der Waals surface area contributed by atoms with Gasteiger partial charge in [-0.05, 0) is 50.6 Å². The molecule has 0 unspecified atom stereocenters. The smallest absolute Gasteiger partial charge is 0.366 e. The lowest BCUT2D eigenvalue weighted by Gasteiger charge is -2.35. The van der Waals surface area contributed by atoms with Crippen LogP contribution in [-0.2, 0) is 30.5 Å². The minimum absolute atomic E-state index is 0.0353. The van der Waals surface area contributed by atoms with Crippen molar-refractivity contribution in [1.29, 1.82) is 5.26 Å². The van der Waals surface area contributed by atoms with Gasteiger partial charge in [-0.2, -0.15) is 18.4 Å². The van der Waals surface area contributed by atoms with Gasteiger partial charge in [0.2, 0.25) is 21.8 Å². The molecule has 2 amide bonds. The lowest BCUT2D eigenvalue weighted by atomic mass is 9.67. The van der Waals surface area contributed by atoms with Crippen LogP contribution in [0.25, 0.3) is 0 Å². The van der Waals surface area contributed by atoms with Crippen LogP contribution in [0.3, 0.4) is 0 Å². The van der Waals surface area contributed by atoms with Crippen molar-refractivity contribution in [2.24, 2.45) is 11.8 Å². The van der Waals surface area contributed by atoms with Crippen LogP contribution in [-0.4, -0.2) is 37.5 Å². The first-order valence-electron chi connectivity index (χ1n) is 11.1. The number of imide groups is 1. The summed E-state index contributed by atoms with van der Waals surface area (Å²) in [6, 6.07) is 7.67. The number of rotatable bonds is 4. The zero-order valence-corrected chi connectivity index (χ0v) is 20.2. The molecule has 3 saturated heterocycles. The summed E-state index contributed by atoms with van der Waals surface area (Å²) in [5, 5.41) is 9.05. The van der Waals surface area contributed by atoms with E-state index in [1.54, 1.807) is 0 Å². The van der Waals surface area contributed by atoms with Crippen molar-refractivity contribution >= 4 is 27.5 Å². The highest BCUT2D eigenvalue weighted by atomic mass is 32.2. The van der Waals surface area contributed by atoms with Gasteiger partial charge >= 0.3 is 6.18 Å². The van der Waals surface area contributed by atoms with Gasteiger partial charge in [-0.1, -0.05) is 12.1 Å². The summed E-state index contributed by atoms with van der Waals surface area (Å²) < 4.78 is 89.1. The zero-order valence-electron chi connectivity index (χ0n) is 19.3. The van der Waals surface area contributed by atoms with E-state index < -0.39 is 78.9 Å². The van der Waals surface area contributed by atoms with Crippen LogP contribution in [0.4, 0.5) is 23.2 Å². The maximum Gasteiger partial charge on any atom is 0.417 e. The number of hydrogen-bond acceptors (Lipinski definition) is 6. The van der Waals surface area contributed by atoms with E-state index in [4.69, 9.17) is 10.00 Å². The molecule has 194 valence electrons. The van der Waals surface area contributed by atoms with Crippen molar-refractivity contribution in [3.63, 3.8) is 0 Å². The molecule has 2 aromatic carbocycles. The van der Waals surface area contributed by atoms with E-state index in [1.807, 2.05) is 0 Å². The van der Waals surface area contributed by atoms with Crippen LogP contribution in [0.2, 0.25) is 0 Å². The fourth-order valence-electron chi connectivity index (χ4n) is 5.89. The molecule has 8 nitrogen and oxygen atoms in total. The van der Waals surface area contributed by atoms with Gasteiger partial charge in [0.15, 0.2) is 0 Å². The number of hydrogen-bond donors (Lipinski definition) is 1. The quantitative estimate of drug-likeness (QED) is 0.473. The zero-order chi connectivity index (χ0) is 27.1. The summed E-state index contributed by atoms with van der Waals surface area (Å²) in [5.41, 5.74) is -5.18. The van der Waals surface area contributed by atoms with Gasteiger partial charge in [-0.25, -0.2) is 22.4 Å². The van der Waals surface area contributed by atoms with Crippen LogP contribution in [0.1, 0.15) is 31.4 Å². The van der Waals surface area contributed by atoms with Crippen molar-refractivity contribution in [2.75, 3.05) is 4.90 Å². The van der Waals surface area contributed by atoms with Gasteiger partial charge in [0.1, 0.15) is 10.7 Å². The molecule has 3 fully saturated rings. The lowest BCUT2D eigenvalue weighted by Crippen LogP contribution is -2.56. The Hall–Kier alpha value is -3.34. The maximum atomic E-state index is 14.2. The molecule has 3 aliphatic rings. The molecular formula is C24H19F4N3O5S. The SMILES string of the molecule is C[C@]12O[C@](C)(C[C@H]1NS(=O)(=O)c1ccccc1F)[C@H]1C(=O)N(c3ccc(C#N)c(C(F)(F)F)c3)C(=O)[C@H]12. The molecule has 0 saturated carbocycles. The molecule has 0 aromatic heterocycles. The number of benzene rings is 2. The largest absolute Gasteiger partial charge is 0.417 e. The molecule has 3 aliphatic heterocycles. The Labute approximate surface area is 208 Å². The summed E-state index contributed by atoms with van der Waals surface area (Å²) >= 11 is 0. The summed E-state index contributed by atoms with van der Waals surface area (Å²) in [6.07, 6.45) is -4.94. The summed E-state index contributed by atoms with van der Waals surface area (Å²) in [7, 11) is -4.39. The highest BCUT2D eigenvalue weighted by molar-refractivity contribution is 7.89. The first-order valence-corrected chi connectivity index (χ1v) is 12.6. The van der Waals surface area contributed by atoms with E-state index in [-0.39, 0.29) is 12.1 Å². The third-order valence-corrected chi connectivity index (χ3v) is 8.95. The molecule has 0 spiro atoms. The number of nitriles is 1. The van der Waals surface area contributed by atoms with E-state index in [0.717, 1.165) is 24.3 Å². The van der Waals surface area contributed by atoms with E-state index >= 15 is 0 Å². The number of nitrogens with one attached hydrogen (secondary N) is 1. The minimum atomic E-state index is -4.90. The molecule has 0 radical (unpaired) electrons. The lowest BCUT2D eigenvalue weighted by molar-refractivity contribution is -0.138. The number of alkyl halides is 3. The summed E-state index contributed by atoms with van der Waals surface area (Å²) in [5.74, 6) is -4.91. The summed E-state index contributed by atoms with van der Waals surface area (Å²) in [4.78, 5) is 27.0. The van der Waals surface area contributed by atoms with Crippen LogP contribution >= 0.6 is 0 Å². The van der Waals surface area contributed by atoms with Crippen molar-refractivity contribution in [2.45, 2.75) is 48.6 Å². The van der Waals surface area contributed by atoms with Gasteiger partial charge in [0, 0.05) is 0 Å². The number of halogens is 4. The number of ether oxygens (including phenoxy) is 1. The molecule has 13 heteroatoms. The fraction of sp³-hybridized carbons (Fsp3) is 0.375. The average molecular weight is 537 g/mol. The number of anilines is 1. The fourth-order valence-corrected chi connectivity index (χ4v) is 7.29. The number of sulfonamides is 1. The molecular weight excluding hydrogens is 518 g/mol. The molecule has 2 bridgehead atoms. The standard InChI is InChI=1S/C24H19F4N3O5S/c1-22-10-17(30-37(34,35)16-6-4-3-5-15(16)25)23(2,36-22)19-18(22)20(32)31(21(19)33)13-8-7-12(11-29)14(9-13)24(26,27)28/h3-9,17-19,30H,10H2,1-2H3/t17-,18-,19+,22-,23+/m1/s1. The van der Waals surface area contributed by atoms with Crippen LogP contribution in [0, 0.1) is 29.0 Å². The normalized spacial score (nSPS) is 31.1. The Morgan fingerprint density at radius 1 is 1.11 bits per heavy atom. The molecule has 2 aromatic rings. The van der Waals surface area contributed by atoms with Crippen molar-refractivity contribution in [1.82, 2.24) is 4.72 Å². The summed E-state index contributed by atoms with van der Waals surface area (Å²) in [6.45, 7) is 2.98. The monoisotopic (exact) mass is 537 g/mol. The second kappa shape index (κ2) is 7.83. The first kappa shape index (κ1) is 25.3. The molecule has 0 aliphatic carbocycles. The predicted molar refractivity (Wildman–Crippen MR) is 119 cm³/mol. The van der Waals surface area contributed by atoms with Crippen molar-refractivity contribution < 1.29 is 40.3 Å². The van der Waals surface area contributed by atoms with E-state index in [2.05, 4.69) is 4.72 Å². The third-order valence-electron chi connectivity index (χ3n) is 7.45. The third kappa shape index (κ3) is 3.58. The van der Waals surface area contributed by atoms with Gasteiger partial charge in [-0.3, -0.25) is 9.59 Å². The maximum absolute atomic E-state index is 14.2. The van der Waals surface area contributed by atoms with Crippen LogP contribution in [0.15, 0.2) is 47.4 Å². The topological polar surface area (TPSA) is 117 Å². The molecule has 37 heavy (non-hydrogen) atoms. The predicted octanol–water partition coefficient (Wildman–Crippen LogP) is 3.12.